The van der Waals surface area contributed by atoms with Crippen molar-refractivity contribution in [1.82, 2.24) is 0 Å². The summed E-state index contributed by atoms with van der Waals surface area (Å²) in [6, 6.07) is 17.7. The van der Waals surface area contributed by atoms with Crippen LogP contribution in [-0.4, -0.2) is 16.4 Å². The molecular formula is C20H22N2O2. The Balaban J connectivity index is 2.03. The van der Waals surface area contributed by atoms with Gasteiger partial charge in [-0.05, 0) is 28.7 Å². The molecule has 0 aromatic heterocycles. The highest BCUT2D eigenvalue weighted by Gasteiger charge is 2.29. The topological polar surface area (TPSA) is 56.1 Å². The molecule has 0 amide bonds. The van der Waals surface area contributed by atoms with E-state index in [9.17, 15) is 10.2 Å². The van der Waals surface area contributed by atoms with Crippen LogP contribution in [0.5, 0.6) is 0 Å². The van der Waals surface area contributed by atoms with Gasteiger partial charge in [-0.2, -0.15) is 0 Å². The molecule has 1 aliphatic heterocycles. The quantitative estimate of drug-likeness (QED) is 0.830. The molecule has 124 valence electrons. The molecule has 1 heterocycles. The zero-order valence-corrected chi connectivity index (χ0v) is 14.1. The first-order chi connectivity index (χ1) is 11.4. The summed E-state index contributed by atoms with van der Waals surface area (Å²) in [5.41, 5.74) is 2.97. The van der Waals surface area contributed by atoms with Gasteiger partial charge in [-0.15, -0.1) is 0 Å². The van der Waals surface area contributed by atoms with Gasteiger partial charge in [0.25, 0.3) is 0 Å². The Bertz CT molecular complexity index is 772. The van der Waals surface area contributed by atoms with E-state index >= 15 is 0 Å². The Morgan fingerprint density at radius 2 is 1.54 bits per heavy atom. The van der Waals surface area contributed by atoms with Gasteiger partial charge in [-0.1, -0.05) is 63.2 Å². The summed E-state index contributed by atoms with van der Waals surface area (Å²) in [6.45, 7) is 6.47. The van der Waals surface area contributed by atoms with Crippen LogP contribution in [0.25, 0.3) is 0 Å². The molecule has 0 saturated carbocycles. The van der Waals surface area contributed by atoms with Crippen molar-refractivity contribution in [3.8, 4) is 0 Å². The van der Waals surface area contributed by atoms with Crippen LogP contribution in [0.2, 0.25) is 0 Å². The van der Waals surface area contributed by atoms with Crippen LogP contribution in [0, 0.1) is 0 Å². The van der Waals surface area contributed by atoms with Crippen LogP contribution in [0.3, 0.4) is 0 Å². The van der Waals surface area contributed by atoms with Gasteiger partial charge in [-0.25, -0.2) is 0 Å². The lowest BCUT2D eigenvalue weighted by molar-refractivity contribution is 0.316. The summed E-state index contributed by atoms with van der Waals surface area (Å²) in [5, 5.41) is 20.3. The zero-order valence-electron chi connectivity index (χ0n) is 14.1. The Hall–Kier alpha value is -2.75. The minimum atomic E-state index is -0.414. The number of rotatable bonds is 2. The van der Waals surface area contributed by atoms with E-state index in [4.69, 9.17) is 0 Å². The smallest absolute Gasteiger partial charge is 0.238 e. The summed E-state index contributed by atoms with van der Waals surface area (Å²) < 4.78 is 0. The van der Waals surface area contributed by atoms with E-state index in [1.54, 1.807) is 4.90 Å². The Kier molecular flexibility index (Phi) is 4.06. The van der Waals surface area contributed by atoms with Gasteiger partial charge in [0.2, 0.25) is 5.88 Å². The van der Waals surface area contributed by atoms with Crippen LogP contribution < -0.4 is 4.90 Å². The summed E-state index contributed by atoms with van der Waals surface area (Å²) in [4.78, 5) is 6.03. The van der Waals surface area contributed by atoms with Crippen molar-refractivity contribution in [2.45, 2.75) is 32.4 Å². The fourth-order valence-electron chi connectivity index (χ4n) is 2.75. The SMILES string of the molecule is CC(C)(C)c1ccc(N2C(O)=C(O)C=NC2c2ccccc2)cc1. The Morgan fingerprint density at radius 3 is 2.12 bits per heavy atom. The fraction of sp³-hybridized carbons (Fsp3) is 0.250. The molecule has 2 aromatic rings. The number of nitrogens with zero attached hydrogens (tertiary/aromatic N) is 2. The standard InChI is InChI=1S/C20H22N2O2/c1-20(2,3)15-9-11-16(12-10-15)22-18(14-7-5-4-6-8-14)21-13-17(23)19(22)24/h4-13,18,23-24H,1-3H3. The third-order valence-corrected chi connectivity index (χ3v) is 4.15. The van der Waals surface area contributed by atoms with E-state index in [2.05, 4.69) is 25.8 Å². The first-order valence-electron chi connectivity index (χ1n) is 7.98. The van der Waals surface area contributed by atoms with Crippen molar-refractivity contribution in [2.24, 2.45) is 4.99 Å². The van der Waals surface area contributed by atoms with Gasteiger partial charge in [0.05, 0.1) is 6.21 Å². The molecule has 2 aromatic carbocycles. The normalized spacial score (nSPS) is 18.1. The number of aliphatic hydroxyl groups excluding tert-OH is 2. The molecule has 0 aliphatic carbocycles. The third-order valence-electron chi connectivity index (χ3n) is 4.15. The molecular weight excluding hydrogens is 300 g/mol. The average Bonchev–Trinajstić information content (AvgIpc) is 2.57. The lowest BCUT2D eigenvalue weighted by Crippen LogP contribution is -2.31. The molecule has 0 radical (unpaired) electrons. The predicted molar refractivity (Wildman–Crippen MR) is 97.6 cm³/mol. The van der Waals surface area contributed by atoms with Crippen LogP contribution in [0.1, 0.15) is 38.1 Å². The Morgan fingerprint density at radius 1 is 0.917 bits per heavy atom. The van der Waals surface area contributed by atoms with Crippen molar-refractivity contribution in [1.29, 1.82) is 0 Å². The average molecular weight is 322 g/mol. The summed E-state index contributed by atoms with van der Waals surface area (Å²) in [6.07, 6.45) is 0.884. The summed E-state index contributed by atoms with van der Waals surface area (Å²) >= 11 is 0. The number of allylic oxidation sites excluding steroid dienone is 1. The largest absolute Gasteiger partial charge is 0.502 e. The van der Waals surface area contributed by atoms with E-state index in [0.29, 0.717) is 0 Å². The van der Waals surface area contributed by atoms with Crippen molar-refractivity contribution < 1.29 is 10.2 Å². The van der Waals surface area contributed by atoms with Gasteiger partial charge >= 0.3 is 0 Å². The van der Waals surface area contributed by atoms with Crippen molar-refractivity contribution in [2.75, 3.05) is 4.90 Å². The molecule has 4 nitrogen and oxygen atoms in total. The number of hydrogen-bond donors (Lipinski definition) is 2. The molecule has 2 N–H and O–H groups in total. The minimum Gasteiger partial charge on any atom is -0.502 e. The minimum absolute atomic E-state index is 0.0530. The lowest BCUT2D eigenvalue weighted by Gasteiger charge is -2.33. The number of hydrogen-bond acceptors (Lipinski definition) is 4. The maximum Gasteiger partial charge on any atom is 0.238 e. The van der Waals surface area contributed by atoms with Crippen LogP contribution >= 0.6 is 0 Å². The summed E-state index contributed by atoms with van der Waals surface area (Å²) in [7, 11) is 0. The highest BCUT2D eigenvalue weighted by molar-refractivity contribution is 5.80. The molecule has 24 heavy (non-hydrogen) atoms. The van der Waals surface area contributed by atoms with Crippen molar-refractivity contribution >= 4 is 11.9 Å². The highest BCUT2D eigenvalue weighted by atomic mass is 16.3. The fourth-order valence-corrected chi connectivity index (χ4v) is 2.75. The molecule has 1 unspecified atom stereocenters. The number of anilines is 1. The highest BCUT2D eigenvalue weighted by Crippen LogP contribution is 2.35. The molecule has 1 atom stereocenters. The van der Waals surface area contributed by atoms with Crippen LogP contribution in [0.15, 0.2) is 71.2 Å². The number of benzene rings is 2. The van der Waals surface area contributed by atoms with Crippen LogP contribution in [0.4, 0.5) is 5.69 Å². The van der Waals surface area contributed by atoms with Gasteiger partial charge in [0.1, 0.15) is 0 Å². The Labute approximate surface area is 142 Å². The maximum absolute atomic E-state index is 10.4. The monoisotopic (exact) mass is 322 g/mol. The molecule has 0 spiro atoms. The van der Waals surface area contributed by atoms with E-state index in [1.165, 1.54) is 11.8 Å². The van der Waals surface area contributed by atoms with Gasteiger partial charge in [0.15, 0.2) is 11.9 Å². The first-order valence-corrected chi connectivity index (χ1v) is 7.98. The predicted octanol–water partition coefficient (Wildman–Crippen LogP) is 4.86. The second kappa shape index (κ2) is 6.04. The van der Waals surface area contributed by atoms with Crippen molar-refractivity contribution in [3.05, 3.63) is 77.4 Å². The molecule has 1 aliphatic rings. The van der Waals surface area contributed by atoms with Crippen molar-refractivity contribution in [3.63, 3.8) is 0 Å². The molecule has 0 bridgehead atoms. The van der Waals surface area contributed by atoms with E-state index < -0.39 is 6.17 Å². The lowest BCUT2D eigenvalue weighted by atomic mass is 9.87. The van der Waals surface area contributed by atoms with Gasteiger partial charge in [0, 0.05) is 5.69 Å². The van der Waals surface area contributed by atoms with Gasteiger partial charge < -0.3 is 10.2 Å². The first kappa shape index (κ1) is 16.1. The van der Waals surface area contributed by atoms with Crippen LogP contribution in [-0.2, 0) is 5.41 Å². The number of aliphatic imine (C=N–C) groups is 1. The van der Waals surface area contributed by atoms with E-state index in [-0.39, 0.29) is 17.1 Å². The maximum atomic E-state index is 10.4. The third kappa shape index (κ3) is 3.00. The second-order valence-electron chi connectivity index (χ2n) is 6.94. The van der Waals surface area contributed by atoms with Gasteiger partial charge in [-0.3, -0.25) is 9.89 Å². The summed E-state index contributed by atoms with van der Waals surface area (Å²) in [5.74, 6) is -0.426. The zero-order chi connectivity index (χ0) is 17.3. The second-order valence-corrected chi connectivity index (χ2v) is 6.94. The van der Waals surface area contributed by atoms with E-state index in [0.717, 1.165) is 11.3 Å². The molecule has 0 fully saturated rings. The number of aliphatic hydroxyl groups is 2. The van der Waals surface area contributed by atoms with E-state index in [1.807, 2.05) is 54.6 Å². The molecule has 3 rings (SSSR count). The molecule has 4 heteroatoms. The molecule has 0 saturated heterocycles.